The number of aliphatic hydroxyl groups excluding tert-OH is 1. The first-order valence-electron chi connectivity index (χ1n) is 5.89. The van der Waals surface area contributed by atoms with Gasteiger partial charge in [0.15, 0.2) is 0 Å². The van der Waals surface area contributed by atoms with Gasteiger partial charge in [0.25, 0.3) is 0 Å². The van der Waals surface area contributed by atoms with Crippen molar-refractivity contribution in [3.63, 3.8) is 0 Å². The van der Waals surface area contributed by atoms with E-state index in [4.69, 9.17) is 4.74 Å². The summed E-state index contributed by atoms with van der Waals surface area (Å²) in [5.74, 6) is 0. The number of alkyl carbamates (subject to hydrolysis) is 1. The Labute approximate surface area is 101 Å². The third-order valence-corrected chi connectivity index (χ3v) is 2.94. The lowest BCUT2D eigenvalue weighted by molar-refractivity contribution is 0.134. The van der Waals surface area contributed by atoms with Crippen LogP contribution in [0.2, 0.25) is 0 Å². The van der Waals surface area contributed by atoms with Crippen molar-refractivity contribution in [2.45, 2.75) is 38.0 Å². The van der Waals surface area contributed by atoms with Gasteiger partial charge >= 0.3 is 6.09 Å². The molecule has 1 fully saturated rings. The van der Waals surface area contributed by atoms with Crippen LogP contribution in [-0.4, -0.2) is 23.3 Å². The summed E-state index contributed by atoms with van der Waals surface area (Å²) in [6.45, 7) is 0.280. The SMILES string of the molecule is O=C(N[C@H]1CC[C@H](O)C1)OCc1ccccc1. The molecule has 0 bridgehead atoms. The number of nitrogens with one attached hydrogen (secondary N) is 1. The summed E-state index contributed by atoms with van der Waals surface area (Å²) in [6.07, 6.45) is 1.51. The van der Waals surface area contributed by atoms with Gasteiger partial charge < -0.3 is 15.2 Å². The van der Waals surface area contributed by atoms with E-state index in [0.717, 1.165) is 18.4 Å². The highest BCUT2D eigenvalue weighted by atomic mass is 16.5. The maximum atomic E-state index is 11.5. The van der Waals surface area contributed by atoms with Gasteiger partial charge in [0.1, 0.15) is 6.61 Å². The number of rotatable bonds is 3. The number of hydrogen-bond acceptors (Lipinski definition) is 3. The number of aliphatic hydroxyl groups is 1. The van der Waals surface area contributed by atoms with Gasteiger partial charge in [-0.3, -0.25) is 0 Å². The number of carbonyl (C=O) groups is 1. The van der Waals surface area contributed by atoms with Gasteiger partial charge in [-0.05, 0) is 24.8 Å². The molecular weight excluding hydrogens is 218 g/mol. The lowest BCUT2D eigenvalue weighted by atomic mass is 10.2. The van der Waals surface area contributed by atoms with Crippen LogP contribution in [-0.2, 0) is 11.3 Å². The molecule has 0 heterocycles. The number of ether oxygens (including phenoxy) is 1. The van der Waals surface area contributed by atoms with Crippen LogP contribution in [0.5, 0.6) is 0 Å². The third kappa shape index (κ3) is 3.75. The molecule has 92 valence electrons. The molecule has 17 heavy (non-hydrogen) atoms. The van der Waals surface area contributed by atoms with E-state index < -0.39 is 6.09 Å². The Hall–Kier alpha value is -1.55. The molecule has 1 aliphatic carbocycles. The molecule has 2 atom stereocenters. The van der Waals surface area contributed by atoms with Crippen LogP contribution >= 0.6 is 0 Å². The summed E-state index contributed by atoms with van der Waals surface area (Å²) >= 11 is 0. The zero-order valence-corrected chi connectivity index (χ0v) is 9.63. The first kappa shape index (κ1) is 11.9. The standard InChI is InChI=1S/C13H17NO3/c15-12-7-6-11(8-12)14-13(16)17-9-10-4-2-1-3-5-10/h1-5,11-12,15H,6-9H2,(H,14,16)/t11-,12-/m0/s1. The minimum Gasteiger partial charge on any atom is -0.445 e. The summed E-state index contributed by atoms with van der Waals surface area (Å²) in [6, 6.07) is 9.60. The van der Waals surface area contributed by atoms with Crippen LogP contribution in [0.15, 0.2) is 30.3 Å². The molecule has 2 rings (SSSR count). The Morgan fingerprint density at radius 2 is 2.12 bits per heavy atom. The fraction of sp³-hybridized carbons (Fsp3) is 0.462. The lowest BCUT2D eigenvalue weighted by Gasteiger charge is -2.12. The summed E-state index contributed by atoms with van der Waals surface area (Å²) < 4.78 is 5.09. The van der Waals surface area contributed by atoms with Crippen LogP contribution < -0.4 is 5.32 Å². The Bertz CT molecular complexity index is 366. The summed E-state index contributed by atoms with van der Waals surface area (Å²) in [5.41, 5.74) is 0.967. The average Bonchev–Trinajstić information content (AvgIpc) is 2.73. The first-order chi connectivity index (χ1) is 8.24. The van der Waals surface area contributed by atoms with E-state index in [1.54, 1.807) is 0 Å². The molecule has 0 aromatic heterocycles. The lowest BCUT2D eigenvalue weighted by Crippen LogP contribution is -2.33. The van der Waals surface area contributed by atoms with Crippen LogP contribution in [0.4, 0.5) is 4.79 Å². The fourth-order valence-electron chi connectivity index (χ4n) is 2.02. The normalized spacial score (nSPS) is 23.4. The van der Waals surface area contributed by atoms with Crippen molar-refractivity contribution in [1.29, 1.82) is 0 Å². The molecule has 0 aliphatic heterocycles. The van der Waals surface area contributed by atoms with E-state index in [9.17, 15) is 9.90 Å². The second-order valence-corrected chi connectivity index (χ2v) is 4.37. The molecule has 2 N–H and O–H groups in total. The second kappa shape index (κ2) is 5.68. The van der Waals surface area contributed by atoms with E-state index in [1.807, 2.05) is 30.3 Å². The topological polar surface area (TPSA) is 58.6 Å². The van der Waals surface area contributed by atoms with Gasteiger partial charge in [-0.1, -0.05) is 30.3 Å². The Balaban J connectivity index is 1.71. The zero-order chi connectivity index (χ0) is 12.1. The molecule has 1 amide bonds. The molecular formula is C13H17NO3. The number of hydrogen-bond donors (Lipinski definition) is 2. The molecule has 4 nitrogen and oxygen atoms in total. The van der Waals surface area contributed by atoms with Crippen LogP contribution in [0, 0.1) is 0 Å². The van der Waals surface area contributed by atoms with E-state index >= 15 is 0 Å². The van der Waals surface area contributed by atoms with Crippen molar-refractivity contribution in [2.24, 2.45) is 0 Å². The highest BCUT2D eigenvalue weighted by molar-refractivity contribution is 5.67. The van der Waals surface area contributed by atoms with E-state index in [2.05, 4.69) is 5.32 Å². The van der Waals surface area contributed by atoms with Gasteiger partial charge in [-0.2, -0.15) is 0 Å². The van der Waals surface area contributed by atoms with Crippen molar-refractivity contribution in [2.75, 3.05) is 0 Å². The molecule has 4 heteroatoms. The molecule has 1 saturated carbocycles. The average molecular weight is 235 g/mol. The van der Waals surface area contributed by atoms with Crippen LogP contribution in [0.3, 0.4) is 0 Å². The van der Waals surface area contributed by atoms with Gasteiger partial charge in [0, 0.05) is 6.04 Å². The molecule has 1 aromatic rings. The quantitative estimate of drug-likeness (QED) is 0.840. The van der Waals surface area contributed by atoms with Gasteiger partial charge in [0.2, 0.25) is 0 Å². The molecule has 1 aliphatic rings. The predicted molar refractivity (Wildman–Crippen MR) is 63.4 cm³/mol. The maximum Gasteiger partial charge on any atom is 0.407 e. The van der Waals surface area contributed by atoms with Gasteiger partial charge in [-0.15, -0.1) is 0 Å². The van der Waals surface area contributed by atoms with Crippen molar-refractivity contribution >= 4 is 6.09 Å². The Morgan fingerprint density at radius 3 is 2.76 bits per heavy atom. The van der Waals surface area contributed by atoms with Crippen LogP contribution in [0.1, 0.15) is 24.8 Å². The molecule has 0 saturated heterocycles. The highest BCUT2D eigenvalue weighted by Crippen LogP contribution is 2.18. The number of benzene rings is 1. The fourth-order valence-corrected chi connectivity index (χ4v) is 2.02. The summed E-state index contributed by atoms with van der Waals surface area (Å²) in [7, 11) is 0. The van der Waals surface area contributed by atoms with Crippen molar-refractivity contribution in [3.8, 4) is 0 Å². The summed E-state index contributed by atoms with van der Waals surface area (Å²) in [5, 5.41) is 12.1. The first-order valence-corrected chi connectivity index (χ1v) is 5.89. The van der Waals surface area contributed by atoms with E-state index in [-0.39, 0.29) is 18.8 Å². The van der Waals surface area contributed by atoms with E-state index in [0.29, 0.717) is 6.42 Å². The number of amides is 1. The van der Waals surface area contributed by atoms with Crippen molar-refractivity contribution in [1.82, 2.24) is 5.32 Å². The maximum absolute atomic E-state index is 11.5. The molecule has 0 unspecified atom stereocenters. The van der Waals surface area contributed by atoms with E-state index in [1.165, 1.54) is 0 Å². The zero-order valence-electron chi connectivity index (χ0n) is 9.63. The molecule has 0 radical (unpaired) electrons. The predicted octanol–water partition coefficient (Wildman–Crippen LogP) is 1.83. The molecule has 1 aromatic carbocycles. The largest absolute Gasteiger partial charge is 0.445 e. The number of carbonyl (C=O) groups excluding carboxylic acids is 1. The Morgan fingerprint density at radius 1 is 1.35 bits per heavy atom. The Kier molecular flexibility index (Phi) is 3.98. The van der Waals surface area contributed by atoms with Gasteiger partial charge in [-0.25, -0.2) is 4.79 Å². The third-order valence-electron chi connectivity index (χ3n) is 2.94. The smallest absolute Gasteiger partial charge is 0.407 e. The second-order valence-electron chi connectivity index (χ2n) is 4.37. The van der Waals surface area contributed by atoms with Gasteiger partial charge in [0.05, 0.1) is 6.10 Å². The minimum atomic E-state index is -0.409. The minimum absolute atomic E-state index is 0.0493. The highest BCUT2D eigenvalue weighted by Gasteiger charge is 2.24. The summed E-state index contributed by atoms with van der Waals surface area (Å²) in [4.78, 5) is 11.5. The van der Waals surface area contributed by atoms with Crippen molar-refractivity contribution < 1.29 is 14.6 Å². The monoisotopic (exact) mass is 235 g/mol. The van der Waals surface area contributed by atoms with Crippen LogP contribution in [0.25, 0.3) is 0 Å². The van der Waals surface area contributed by atoms with Crippen molar-refractivity contribution in [3.05, 3.63) is 35.9 Å². The molecule has 0 spiro atoms.